The maximum absolute atomic E-state index is 11.4. The number of rotatable bonds is 3. The van der Waals surface area contributed by atoms with Crippen LogP contribution in [0.1, 0.15) is 11.1 Å². The zero-order chi connectivity index (χ0) is 15.6. The Labute approximate surface area is 123 Å². The van der Waals surface area contributed by atoms with Gasteiger partial charge in [0.25, 0.3) is 0 Å². The molecule has 0 aliphatic carbocycles. The number of nitrogens with zero attached hydrogens (tertiary/aromatic N) is 1. The highest BCUT2D eigenvalue weighted by molar-refractivity contribution is 7.89. The van der Waals surface area contributed by atoms with Gasteiger partial charge < -0.3 is 11.1 Å². The molecule has 0 aliphatic rings. The first kappa shape index (κ1) is 14.8. The van der Waals surface area contributed by atoms with Crippen molar-refractivity contribution in [2.75, 3.05) is 11.1 Å². The monoisotopic (exact) mass is 302 g/mol. The van der Waals surface area contributed by atoms with Gasteiger partial charge in [0.15, 0.2) is 0 Å². The van der Waals surface area contributed by atoms with E-state index in [1.165, 1.54) is 18.2 Å². The summed E-state index contributed by atoms with van der Waals surface area (Å²) in [5.74, 6) is 0. The number of aryl methyl sites for hydroxylation is 1. The van der Waals surface area contributed by atoms with Crippen molar-refractivity contribution in [2.24, 2.45) is 5.14 Å². The van der Waals surface area contributed by atoms with Crippen LogP contribution in [0.25, 0.3) is 0 Å². The number of primary sulfonamides is 1. The molecular formula is C14H14N4O2S. The lowest BCUT2D eigenvalue weighted by atomic mass is 10.1. The molecule has 0 aliphatic heterocycles. The Kier molecular flexibility index (Phi) is 3.84. The van der Waals surface area contributed by atoms with Crippen molar-refractivity contribution in [1.29, 1.82) is 5.26 Å². The summed E-state index contributed by atoms with van der Waals surface area (Å²) in [5, 5.41) is 17.3. The van der Waals surface area contributed by atoms with Crippen molar-refractivity contribution in [1.82, 2.24) is 0 Å². The van der Waals surface area contributed by atoms with Crippen LogP contribution in [0.15, 0.2) is 41.3 Å². The zero-order valence-electron chi connectivity index (χ0n) is 11.3. The Balaban J connectivity index is 2.50. The van der Waals surface area contributed by atoms with E-state index in [9.17, 15) is 13.7 Å². The second kappa shape index (κ2) is 5.44. The predicted molar refractivity (Wildman–Crippen MR) is 81.4 cm³/mol. The average molecular weight is 302 g/mol. The smallest absolute Gasteiger partial charge is 0.238 e. The molecule has 0 amide bonds. The number of sulfonamides is 1. The fourth-order valence-corrected chi connectivity index (χ4v) is 2.43. The number of nitrogen functional groups attached to an aromatic ring is 1. The maximum Gasteiger partial charge on any atom is 0.238 e. The van der Waals surface area contributed by atoms with E-state index in [-0.39, 0.29) is 4.90 Å². The van der Waals surface area contributed by atoms with Gasteiger partial charge in [0.2, 0.25) is 10.0 Å². The van der Waals surface area contributed by atoms with Crippen LogP contribution in [0, 0.1) is 18.3 Å². The Morgan fingerprint density at radius 3 is 2.52 bits per heavy atom. The van der Waals surface area contributed by atoms with Gasteiger partial charge in [-0.2, -0.15) is 5.26 Å². The highest BCUT2D eigenvalue weighted by Gasteiger charge is 2.12. The van der Waals surface area contributed by atoms with Gasteiger partial charge in [-0.1, -0.05) is 12.1 Å². The maximum atomic E-state index is 11.4. The van der Waals surface area contributed by atoms with Crippen LogP contribution >= 0.6 is 0 Å². The molecule has 21 heavy (non-hydrogen) atoms. The molecule has 0 saturated heterocycles. The predicted octanol–water partition coefficient (Wildman–Crippen LogP) is 1.84. The highest BCUT2D eigenvalue weighted by atomic mass is 32.2. The van der Waals surface area contributed by atoms with Gasteiger partial charge in [-0.05, 0) is 36.8 Å². The fourth-order valence-electron chi connectivity index (χ4n) is 1.89. The highest BCUT2D eigenvalue weighted by Crippen LogP contribution is 2.28. The topological polar surface area (TPSA) is 122 Å². The van der Waals surface area contributed by atoms with Gasteiger partial charge >= 0.3 is 0 Å². The molecule has 0 heterocycles. The van der Waals surface area contributed by atoms with Gasteiger partial charge in [0.05, 0.1) is 27.5 Å². The first-order valence-electron chi connectivity index (χ1n) is 6.02. The van der Waals surface area contributed by atoms with Crippen molar-refractivity contribution in [2.45, 2.75) is 11.8 Å². The summed E-state index contributed by atoms with van der Waals surface area (Å²) in [4.78, 5) is -0.0506. The number of nitrogens with one attached hydrogen (secondary N) is 1. The lowest BCUT2D eigenvalue weighted by Gasteiger charge is -2.13. The fraction of sp³-hybridized carbons (Fsp3) is 0.0714. The largest absolute Gasteiger partial charge is 0.397 e. The van der Waals surface area contributed by atoms with Crippen LogP contribution in [0.4, 0.5) is 17.1 Å². The van der Waals surface area contributed by atoms with Crippen LogP contribution in [-0.2, 0) is 10.0 Å². The van der Waals surface area contributed by atoms with E-state index in [1.807, 2.05) is 13.0 Å². The minimum absolute atomic E-state index is 0.0506. The molecule has 0 atom stereocenters. The van der Waals surface area contributed by atoms with E-state index >= 15 is 0 Å². The van der Waals surface area contributed by atoms with Gasteiger partial charge in [0, 0.05) is 0 Å². The van der Waals surface area contributed by atoms with Crippen LogP contribution in [0.5, 0.6) is 0 Å². The molecular weight excluding hydrogens is 288 g/mol. The molecule has 0 radical (unpaired) electrons. The van der Waals surface area contributed by atoms with E-state index < -0.39 is 10.0 Å². The Hall–Kier alpha value is -2.56. The molecule has 0 spiro atoms. The molecule has 0 unspecified atom stereocenters. The zero-order valence-corrected chi connectivity index (χ0v) is 12.1. The average Bonchev–Trinajstić information content (AvgIpc) is 2.40. The van der Waals surface area contributed by atoms with Crippen molar-refractivity contribution in [3.05, 3.63) is 47.5 Å². The summed E-state index contributed by atoms with van der Waals surface area (Å²) >= 11 is 0. The molecule has 108 valence electrons. The number of anilines is 3. The lowest BCUT2D eigenvalue weighted by Crippen LogP contribution is -2.12. The van der Waals surface area contributed by atoms with Crippen LogP contribution in [-0.4, -0.2) is 8.42 Å². The van der Waals surface area contributed by atoms with E-state index in [2.05, 4.69) is 11.4 Å². The minimum Gasteiger partial charge on any atom is -0.397 e. The number of hydrogen-bond donors (Lipinski definition) is 3. The van der Waals surface area contributed by atoms with E-state index in [4.69, 9.17) is 10.9 Å². The van der Waals surface area contributed by atoms with Crippen molar-refractivity contribution >= 4 is 27.1 Å². The number of hydrogen-bond acceptors (Lipinski definition) is 5. The van der Waals surface area contributed by atoms with Gasteiger partial charge in [-0.15, -0.1) is 0 Å². The van der Waals surface area contributed by atoms with Crippen LogP contribution in [0.3, 0.4) is 0 Å². The number of nitrogens with two attached hydrogens (primary N) is 2. The number of benzene rings is 2. The first-order valence-corrected chi connectivity index (χ1v) is 7.56. The summed E-state index contributed by atoms with van der Waals surface area (Å²) in [5.41, 5.74) is 8.39. The summed E-state index contributed by atoms with van der Waals surface area (Å²) in [6.07, 6.45) is 0. The van der Waals surface area contributed by atoms with Crippen molar-refractivity contribution < 1.29 is 8.42 Å². The molecule has 0 saturated carbocycles. The first-order chi connectivity index (χ1) is 9.82. The number of nitriles is 1. The van der Waals surface area contributed by atoms with Gasteiger partial charge in [-0.25, -0.2) is 13.6 Å². The molecule has 0 fully saturated rings. The quantitative estimate of drug-likeness (QED) is 0.747. The standard InChI is InChI=1S/C14H14N4O2S/c1-9-3-2-4-13(11(9)8-15)18-14-7-10(21(17,19)20)5-6-12(14)16/h2-7,18H,16H2,1H3,(H2,17,19,20). The van der Waals surface area contributed by atoms with Crippen LogP contribution in [0.2, 0.25) is 0 Å². The van der Waals surface area contributed by atoms with Crippen molar-refractivity contribution in [3.8, 4) is 6.07 Å². The third-order valence-electron chi connectivity index (χ3n) is 3.01. The van der Waals surface area contributed by atoms with E-state index in [0.29, 0.717) is 22.6 Å². The molecule has 5 N–H and O–H groups in total. The molecule has 2 rings (SSSR count). The molecule has 0 aromatic heterocycles. The Bertz CT molecular complexity index is 839. The third-order valence-corrected chi connectivity index (χ3v) is 3.92. The minimum atomic E-state index is -3.82. The second-order valence-electron chi connectivity index (χ2n) is 4.53. The molecule has 2 aromatic carbocycles. The molecule has 2 aromatic rings. The molecule has 7 heteroatoms. The normalized spacial score (nSPS) is 10.9. The third kappa shape index (κ3) is 3.13. The second-order valence-corrected chi connectivity index (χ2v) is 6.09. The molecule has 6 nitrogen and oxygen atoms in total. The Morgan fingerprint density at radius 1 is 1.19 bits per heavy atom. The summed E-state index contributed by atoms with van der Waals surface area (Å²) in [7, 11) is -3.82. The lowest BCUT2D eigenvalue weighted by molar-refractivity contribution is 0.598. The van der Waals surface area contributed by atoms with Crippen LogP contribution < -0.4 is 16.2 Å². The SMILES string of the molecule is Cc1cccc(Nc2cc(S(N)(=O)=O)ccc2N)c1C#N. The molecule has 0 bridgehead atoms. The van der Waals surface area contributed by atoms with Crippen molar-refractivity contribution in [3.63, 3.8) is 0 Å². The van der Waals surface area contributed by atoms with Gasteiger partial charge in [0.1, 0.15) is 6.07 Å². The Morgan fingerprint density at radius 2 is 1.90 bits per heavy atom. The van der Waals surface area contributed by atoms with Gasteiger partial charge in [-0.3, -0.25) is 0 Å². The summed E-state index contributed by atoms with van der Waals surface area (Å²) < 4.78 is 22.8. The summed E-state index contributed by atoms with van der Waals surface area (Å²) in [6.45, 7) is 1.81. The van der Waals surface area contributed by atoms with E-state index in [0.717, 1.165) is 5.56 Å². The summed E-state index contributed by atoms with van der Waals surface area (Å²) in [6, 6.07) is 11.5. The van der Waals surface area contributed by atoms with E-state index in [1.54, 1.807) is 12.1 Å².